The van der Waals surface area contributed by atoms with Crippen molar-refractivity contribution in [3.05, 3.63) is 29.8 Å². The summed E-state index contributed by atoms with van der Waals surface area (Å²) in [5.41, 5.74) is 0.767. The summed E-state index contributed by atoms with van der Waals surface area (Å²) in [6, 6.07) is 7.95. The molecule has 0 amide bonds. The highest BCUT2D eigenvalue weighted by Crippen LogP contribution is 2.25. The van der Waals surface area contributed by atoms with Crippen molar-refractivity contribution in [2.24, 2.45) is 0 Å². The van der Waals surface area contributed by atoms with E-state index in [1.54, 1.807) is 0 Å². The molecule has 3 heteroatoms. The van der Waals surface area contributed by atoms with E-state index in [0.29, 0.717) is 0 Å². The molecule has 2 atom stereocenters. The molecule has 100 valence electrons. The fraction of sp³-hybridized carbons (Fsp3) is 0.600. The summed E-state index contributed by atoms with van der Waals surface area (Å²) in [4.78, 5) is 0. The van der Waals surface area contributed by atoms with Gasteiger partial charge in [-0.1, -0.05) is 12.1 Å². The van der Waals surface area contributed by atoms with Gasteiger partial charge in [0.15, 0.2) is 0 Å². The molecule has 1 aliphatic rings. The van der Waals surface area contributed by atoms with E-state index in [0.717, 1.165) is 30.7 Å². The molecule has 1 saturated heterocycles. The average molecular weight is 249 g/mol. The molecule has 0 saturated carbocycles. The van der Waals surface area contributed by atoms with Crippen LogP contribution < -0.4 is 10.1 Å². The van der Waals surface area contributed by atoms with E-state index < -0.39 is 6.10 Å². The SMILES string of the molecule is CC(C)(C)Oc1ccc(C(O)C2CCCN2)cc1. The van der Waals surface area contributed by atoms with Gasteiger partial charge >= 0.3 is 0 Å². The summed E-state index contributed by atoms with van der Waals surface area (Å²) in [5.74, 6) is 0.845. The molecule has 1 heterocycles. The fourth-order valence-corrected chi connectivity index (χ4v) is 2.30. The first-order valence-corrected chi connectivity index (χ1v) is 6.66. The Labute approximate surface area is 109 Å². The summed E-state index contributed by atoms with van der Waals surface area (Å²) in [7, 11) is 0. The Morgan fingerprint density at radius 1 is 1.28 bits per heavy atom. The van der Waals surface area contributed by atoms with Gasteiger partial charge in [0.25, 0.3) is 0 Å². The maximum absolute atomic E-state index is 10.2. The van der Waals surface area contributed by atoms with Gasteiger partial charge in [-0.15, -0.1) is 0 Å². The van der Waals surface area contributed by atoms with E-state index >= 15 is 0 Å². The van der Waals surface area contributed by atoms with Gasteiger partial charge in [0.2, 0.25) is 0 Å². The molecular formula is C15H23NO2. The monoisotopic (exact) mass is 249 g/mol. The molecule has 3 nitrogen and oxygen atoms in total. The molecule has 0 aliphatic carbocycles. The van der Waals surface area contributed by atoms with Crippen molar-refractivity contribution < 1.29 is 9.84 Å². The Balaban J connectivity index is 2.02. The minimum Gasteiger partial charge on any atom is -0.488 e. The predicted octanol–water partition coefficient (Wildman–Crippen LogP) is 2.65. The second-order valence-corrected chi connectivity index (χ2v) is 5.93. The number of aliphatic hydroxyl groups excluding tert-OH is 1. The van der Waals surface area contributed by atoms with E-state index in [2.05, 4.69) is 5.32 Å². The van der Waals surface area contributed by atoms with Crippen molar-refractivity contribution in [1.29, 1.82) is 0 Å². The number of rotatable bonds is 3. The van der Waals surface area contributed by atoms with E-state index in [1.165, 1.54) is 0 Å². The number of hydrogen-bond donors (Lipinski definition) is 2. The lowest BCUT2D eigenvalue weighted by Crippen LogP contribution is -2.28. The van der Waals surface area contributed by atoms with Crippen molar-refractivity contribution in [2.75, 3.05) is 6.54 Å². The lowest BCUT2D eigenvalue weighted by Gasteiger charge is -2.22. The Hall–Kier alpha value is -1.06. The third-order valence-electron chi connectivity index (χ3n) is 3.13. The summed E-state index contributed by atoms with van der Waals surface area (Å²) in [6.07, 6.45) is 1.77. The lowest BCUT2D eigenvalue weighted by molar-refractivity contribution is 0.129. The highest BCUT2D eigenvalue weighted by atomic mass is 16.5. The van der Waals surface area contributed by atoms with E-state index in [1.807, 2.05) is 45.0 Å². The number of hydrogen-bond acceptors (Lipinski definition) is 3. The van der Waals surface area contributed by atoms with Gasteiger partial charge in [-0.05, 0) is 57.9 Å². The first-order valence-electron chi connectivity index (χ1n) is 6.66. The number of benzene rings is 1. The molecule has 0 aromatic heterocycles. The van der Waals surface area contributed by atoms with Crippen molar-refractivity contribution >= 4 is 0 Å². The van der Waals surface area contributed by atoms with Crippen LogP contribution in [0, 0.1) is 0 Å². The molecule has 1 aliphatic heterocycles. The van der Waals surface area contributed by atoms with Gasteiger partial charge in [0.1, 0.15) is 11.4 Å². The molecule has 1 aromatic carbocycles. The van der Waals surface area contributed by atoms with Gasteiger partial charge in [-0.2, -0.15) is 0 Å². The Bertz CT molecular complexity index is 374. The van der Waals surface area contributed by atoms with Crippen molar-refractivity contribution in [2.45, 2.75) is 51.4 Å². The van der Waals surface area contributed by atoms with Crippen molar-refractivity contribution in [3.8, 4) is 5.75 Å². The van der Waals surface area contributed by atoms with Crippen LogP contribution >= 0.6 is 0 Å². The molecule has 2 N–H and O–H groups in total. The third kappa shape index (κ3) is 3.47. The number of ether oxygens (including phenoxy) is 1. The van der Waals surface area contributed by atoms with Crippen molar-refractivity contribution in [3.63, 3.8) is 0 Å². The fourth-order valence-electron chi connectivity index (χ4n) is 2.30. The smallest absolute Gasteiger partial charge is 0.120 e. The van der Waals surface area contributed by atoms with Crippen LogP contribution in [0.5, 0.6) is 5.75 Å². The Morgan fingerprint density at radius 3 is 2.44 bits per heavy atom. The van der Waals surface area contributed by atoms with Gasteiger partial charge in [0, 0.05) is 6.04 Å². The molecule has 2 rings (SSSR count). The molecule has 1 aromatic rings. The summed E-state index contributed by atoms with van der Waals surface area (Å²) >= 11 is 0. The van der Waals surface area contributed by atoms with Crippen LogP contribution in [0.3, 0.4) is 0 Å². The average Bonchev–Trinajstić information content (AvgIpc) is 2.80. The van der Waals surface area contributed by atoms with Crippen LogP contribution in [-0.4, -0.2) is 23.3 Å². The maximum atomic E-state index is 10.2. The van der Waals surface area contributed by atoms with Gasteiger partial charge in [0.05, 0.1) is 6.10 Å². The van der Waals surface area contributed by atoms with Gasteiger partial charge in [-0.25, -0.2) is 0 Å². The minimum atomic E-state index is -0.420. The zero-order valence-electron chi connectivity index (χ0n) is 11.4. The van der Waals surface area contributed by atoms with Crippen LogP contribution in [0.1, 0.15) is 45.3 Å². The highest BCUT2D eigenvalue weighted by molar-refractivity contribution is 5.29. The maximum Gasteiger partial charge on any atom is 0.120 e. The lowest BCUT2D eigenvalue weighted by atomic mass is 10.0. The molecule has 0 radical (unpaired) electrons. The second kappa shape index (κ2) is 5.29. The Morgan fingerprint density at radius 2 is 1.94 bits per heavy atom. The Kier molecular flexibility index (Phi) is 3.93. The molecule has 0 spiro atoms. The largest absolute Gasteiger partial charge is 0.488 e. The molecule has 1 fully saturated rings. The number of aliphatic hydroxyl groups is 1. The van der Waals surface area contributed by atoms with Crippen LogP contribution in [0.2, 0.25) is 0 Å². The molecule has 2 unspecified atom stereocenters. The zero-order chi connectivity index (χ0) is 13.2. The number of nitrogens with one attached hydrogen (secondary N) is 1. The first kappa shape index (κ1) is 13.4. The second-order valence-electron chi connectivity index (χ2n) is 5.93. The molecule has 0 bridgehead atoms. The van der Waals surface area contributed by atoms with E-state index in [-0.39, 0.29) is 11.6 Å². The standard InChI is InChI=1S/C15H23NO2/c1-15(2,3)18-12-8-6-11(7-9-12)14(17)13-5-4-10-16-13/h6-9,13-14,16-17H,4-5,10H2,1-3H3. The van der Waals surface area contributed by atoms with Crippen LogP contribution in [0.4, 0.5) is 0 Å². The summed E-state index contributed by atoms with van der Waals surface area (Å²) in [5, 5.41) is 13.6. The first-order chi connectivity index (χ1) is 8.46. The quantitative estimate of drug-likeness (QED) is 0.865. The van der Waals surface area contributed by atoms with Crippen LogP contribution in [0.15, 0.2) is 24.3 Å². The van der Waals surface area contributed by atoms with Crippen molar-refractivity contribution in [1.82, 2.24) is 5.32 Å². The van der Waals surface area contributed by atoms with E-state index in [9.17, 15) is 5.11 Å². The summed E-state index contributed by atoms with van der Waals surface area (Å²) < 4.78 is 5.76. The molecular weight excluding hydrogens is 226 g/mol. The van der Waals surface area contributed by atoms with Gasteiger partial charge in [-0.3, -0.25) is 0 Å². The predicted molar refractivity (Wildman–Crippen MR) is 72.8 cm³/mol. The zero-order valence-corrected chi connectivity index (χ0v) is 11.4. The topological polar surface area (TPSA) is 41.5 Å². The van der Waals surface area contributed by atoms with Crippen LogP contribution in [0.25, 0.3) is 0 Å². The van der Waals surface area contributed by atoms with Crippen LogP contribution in [-0.2, 0) is 0 Å². The highest BCUT2D eigenvalue weighted by Gasteiger charge is 2.23. The van der Waals surface area contributed by atoms with Gasteiger partial charge < -0.3 is 15.2 Å². The normalized spacial score (nSPS) is 21.9. The van der Waals surface area contributed by atoms with E-state index in [4.69, 9.17) is 4.74 Å². The molecule has 18 heavy (non-hydrogen) atoms. The summed E-state index contributed by atoms with van der Waals surface area (Å²) in [6.45, 7) is 7.08. The minimum absolute atomic E-state index is 0.187. The third-order valence-corrected chi connectivity index (χ3v) is 3.13.